The van der Waals surface area contributed by atoms with Crippen LogP contribution in [0.5, 0.6) is 0 Å². The fraction of sp³-hybridized carbons (Fsp3) is 0.0204. The van der Waals surface area contributed by atoms with Gasteiger partial charge in [0.05, 0.1) is 5.41 Å². The van der Waals surface area contributed by atoms with Crippen molar-refractivity contribution in [3.63, 3.8) is 0 Å². The van der Waals surface area contributed by atoms with Crippen molar-refractivity contribution in [3.05, 3.63) is 222 Å². The average molecular weight is 652 g/mol. The fourth-order valence-electron chi connectivity index (χ4n) is 8.47. The highest BCUT2D eigenvalue weighted by Crippen LogP contribution is 2.61. The maximum atomic E-state index is 6.77. The Morgan fingerprint density at radius 3 is 1.53 bits per heavy atom. The summed E-state index contributed by atoms with van der Waals surface area (Å²) < 4.78 is 6.77. The summed E-state index contributed by atoms with van der Waals surface area (Å²) in [5.41, 5.74) is 14.3. The molecule has 0 radical (unpaired) electrons. The Labute approximate surface area is 297 Å². The Morgan fingerprint density at radius 1 is 0.392 bits per heavy atom. The second-order valence-corrected chi connectivity index (χ2v) is 13.2. The number of hydrogen-bond acceptors (Lipinski definition) is 2. The Kier molecular flexibility index (Phi) is 6.75. The molecule has 0 amide bonds. The van der Waals surface area contributed by atoms with Crippen molar-refractivity contribution in [3.8, 4) is 22.3 Å². The molecular formula is C49H33NO. The molecule has 10 rings (SSSR count). The molecule has 0 atom stereocenters. The highest BCUT2D eigenvalue weighted by molar-refractivity contribution is 6.18. The number of nitrogens with zero attached hydrogens (tertiary/aromatic N) is 1. The van der Waals surface area contributed by atoms with Gasteiger partial charge in [0.25, 0.3) is 0 Å². The van der Waals surface area contributed by atoms with E-state index >= 15 is 0 Å². The molecule has 9 aromatic rings. The summed E-state index contributed by atoms with van der Waals surface area (Å²) in [6, 6.07) is 72.1. The van der Waals surface area contributed by atoms with E-state index in [1.807, 2.05) is 0 Å². The monoisotopic (exact) mass is 651 g/mol. The third-order valence-corrected chi connectivity index (χ3v) is 10.5. The Morgan fingerprint density at radius 2 is 0.922 bits per heavy atom. The van der Waals surface area contributed by atoms with E-state index in [1.54, 1.807) is 0 Å². The van der Waals surface area contributed by atoms with Crippen LogP contribution in [0, 0.1) is 0 Å². The summed E-state index contributed by atoms with van der Waals surface area (Å²) in [6.45, 7) is 0. The van der Waals surface area contributed by atoms with Gasteiger partial charge in [0.15, 0.2) is 0 Å². The van der Waals surface area contributed by atoms with E-state index in [2.05, 4.69) is 205 Å². The smallest absolute Gasteiger partial charge is 0.136 e. The molecule has 1 heterocycles. The lowest BCUT2D eigenvalue weighted by atomic mass is 9.67. The number of benzene rings is 8. The summed E-state index contributed by atoms with van der Waals surface area (Å²) in [7, 11) is 0. The van der Waals surface area contributed by atoms with Crippen LogP contribution in [0.3, 0.4) is 0 Å². The number of rotatable bonds is 6. The van der Waals surface area contributed by atoms with Gasteiger partial charge in [-0.3, -0.25) is 0 Å². The molecular weight excluding hydrogens is 619 g/mol. The van der Waals surface area contributed by atoms with Crippen molar-refractivity contribution in [1.29, 1.82) is 0 Å². The van der Waals surface area contributed by atoms with E-state index in [0.717, 1.165) is 39.0 Å². The summed E-state index contributed by atoms with van der Waals surface area (Å²) in [6.07, 6.45) is 0. The second-order valence-electron chi connectivity index (χ2n) is 13.2. The standard InChI is InChI=1S/C49H33NO/c1-6-18-34(19-7-1)46-47-41-32-39(50(37-24-12-4-13-25-37)38-26-14-5-15-27-38)30-31-42(41)49(35-20-8-2-9-21-35,36-22-10-3-11-23-36)43(47)33-45-48(46)40-28-16-17-29-44(40)51-45/h1-33H. The summed E-state index contributed by atoms with van der Waals surface area (Å²) in [4.78, 5) is 2.36. The minimum absolute atomic E-state index is 0.591. The van der Waals surface area contributed by atoms with E-state index in [0.29, 0.717) is 0 Å². The van der Waals surface area contributed by atoms with Crippen molar-refractivity contribution >= 4 is 39.0 Å². The molecule has 0 saturated heterocycles. The lowest BCUT2D eigenvalue weighted by Gasteiger charge is -2.34. The van der Waals surface area contributed by atoms with Crippen LogP contribution in [0.4, 0.5) is 17.1 Å². The Balaban J connectivity index is 1.39. The number of para-hydroxylation sites is 3. The molecule has 1 aliphatic rings. The van der Waals surface area contributed by atoms with Crippen LogP contribution in [0.2, 0.25) is 0 Å². The molecule has 2 heteroatoms. The molecule has 0 aliphatic heterocycles. The van der Waals surface area contributed by atoms with Crippen molar-refractivity contribution < 1.29 is 4.42 Å². The third-order valence-electron chi connectivity index (χ3n) is 10.5. The third kappa shape index (κ3) is 4.43. The molecule has 51 heavy (non-hydrogen) atoms. The highest BCUT2D eigenvalue weighted by Gasteiger charge is 2.48. The van der Waals surface area contributed by atoms with Crippen molar-refractivity contribution in [1.82, 2.24) is 0 Å². The number of fused-ring (bicyclic) bond motifs is 6. The molecule has 0 spiro atoms. The zero-order valence-electron chi connectivity index (χ0n) is 27.9. The molecule has 1 aromatic heterocycles. The number of hydrogen-bond donors (Lipinski definition) is 0. The van der Waals surface area contributed by atoms with Gasteiger partial charge < -0.3 is 9.32 Å². The zero-order chi connectivity index (χ0) is 33.8. The van der Waals surface area contributed by atoms with Crippen molar-refractivity contribution in [2.75, 3.05) is 4.90 Å². The zero-order valence-corrected chi connectivity index (χ0v) is 27.9. The van der Waals surface area contributed by atoms with Crippen LogP contribution in [-0.2, 0) is 5.41 Å². The number of anilines is 3. The van der Waals surface area contributed by atoms with Crippen molar-refractivity contribution in [2.45, 2.75) is 5.41 Å². The van der Waals surface area contributed by atoms with Gasteiger partial charge in [-0.25, -0.2) is 0 Å². The first-order valence-corrected chi connectivity index (χ1v) is 17.5. The molecule has 8 aromatic carbocycles. The van der Waals surface area contributed by atoms with Gasteiger partial charge in [0.2, 0.25) is 0 Å². The molecule has 0 N–H and O–H groups in total. The van der Waals surface area contributed by atoms with E-state index in [-0.39, 0.29) is 0 Å². The van der Waals surface area contributed by atoms with Gasteiger partial charge in [-0.15, -0.1) is 0 Å². The summed E-state index contributed by atoms with van der Waals surface area (Å²) >= 11 is 0. The average Bonchev–Trinajstić information content (AvgIpc) is 3.72. The minimum atomic E-state index is -0.591. The molecule has 2 nitrogen and oxygen atoms in total. The van der Waals surface area contributed by atoms with Crippen LogP contribution in [0.1, 0.15) is 22.3 Å². The maximum Gasteiger partial charge on any atom is 0.136 e. The lowest BCUT2D eigenvalue weighted by molar-refractivity contribution is 0.666. The SMILES string of the molecule is c1ccc(-c2c3c(cc4oc5ccccc5c24)C(c2ccccc2)(c2ccccc2)c2ccc(N(c4ccccc4)c4ccccc4)cc2-3)cc1. The quantitative estimate of drug-likeness (QED) is 0.178. The van der Waals surface area contributed by atoms with Crippen molar-refractivity contribution in [2.24, 2.45) is 0 Å². The molecule has 240 valence electrons. The highest BCUT2D eigenvalue weighted by atomic mass is 16.3. The van der Waals surface area contributed by atoms with E-state index < -0.39 is 5.41 Å². The van der Waals surface area contributed by atoms with Crippen LogP contribution in [0.15, 0.2) is 205 Å². The van der Waals surface area contributed by atoms with Crippen LogP contribution >= 0.6 is 0 Å². The van der Waals surface area contributed by atoms with Crippen LogP contribution < -0.4 is 4.90 Å². The molecule has 0 bridgehead atoms. The molecule has 0 fully saturated rings. The largest absolute Gasteiger partial charge is 0.456 e. The maximum absolute atomic E-state index is 6.77. The normalized spacial score (nSPS) is 12.9. The predicted molar refractivity (Wildman–Crippen MR) is 211 cm³/mol. The van der Waals surface area contributed by atoms with E-state index in [9.17, 15) is 0 Å². The van der Waals surface area contributed by atoms with Crippen LogP contribution in [-0.4, -0.2) is 0 Å². The van der Waals surface area contributed by atoms with Gasteiger partial charge in [-0.1, -0.05) is 152 Å². The Bertz CT molecular complexity index is 2580. The Hall–Kier alpha value is -6.64. The second kappa shape index (κ2) is 11.8. The number of furan rings is 1. The van der Waals surface area contributed by atoms with E-state index in [1.165, 1.54) is 44.5 Å². The molecule has 1 aliphatic carbocycles. The van der Waals surface area contributed by atoms with Gasteiger partial charge in [0.1, 0.15) is 11.2 Å². The minimum Gasteiger partial charge on any atom is -0.456 e. The molecule has 0 unspecified atom stereocenters. The van der Waals surface area contributed by atoms with Gasteiger partial charge in [-0.05, 0) is 87.5 Å². The summed E-state index contributed by atoms with van der Waals surface area (Å²) in [5, 5.41) is 2.27. The molecule has 0 saturated carbocycles. The first kappa shape index (κ1) is 29.3. The first-order chi connectivity index (χ1) is 25.3. The topological polar surface area (TPSA) is 16.4 Å². The first-order valence-electron chi connectivity index (χ1n) is 17.5. The lowest BCUT2D eigenvalue weighted by Crippen LogP contribution is -2.28. The van der Waals surface area contributed by atoms with E-state index in [4.69, 9.17) is 4.42 Å². The van der Waals surface area contributed by atoms with Gasteiger partial charge in [0, 0.05) is 33.4 Å². The summed E-state index contributed by atoms with van der Waals surface area (Å²) in [5.74, 6) is 0. The predicted octanol–water partition coefficient (Wildman–Crippen LogP) is 13.1. The van der Waals surface area contributed by atoms with Gasteiger partial charge >= 0.3 is 0 Å². The van der Waals surface area contributed by atoms with Crippen LogP contribution in [0.25, 0.3) is 44.2 Å². The van der Waals surface area contributed by atoms with Gasteiger partial charge in [-0.2, -0.15) is 0 Å². The fourth-order valence-corrected chi connectivity index (χ4v) is 8.47.